The lowest BCUT2D eigenvalue weighted by Gasteiger charge is -2.05. The van der Waals surface area contributed by atoms with Crippen molar-refractivity contribution in [2.45, 2.75) is 13.5 Å². The molecular weight excluding hydrogens is 302 g/mol. The summed E-state index contributed by atoms with van der Waals surface area (Å²) in [5.41, 5.74) is 2.88. The number of ether oxygens (including phenoxy) is 1. The van der Waals surface area contributed by atoms with Crippen LogP contribution in [-0.4, -0.2) is 16.7 Å². The second-order valence-electron chi connectivity index (χ2n) is 5.46. The lowest BCUT2D eigenvalue weighted by molar-refractivity contribution is 0.0472. The van der Waals surface area contributed by atoms with Crippen molar-refractivity contribution in [3.8, 4) is 0 Å². The standard InChI is InChI=1S/C20H17NO3/c1-14-17(20(23)24-13-15-8-4-2-5-9-15)12-21-18(14)19(22)16-10-6-3-7-11-16/h2-12,21H,13H2,1H3. The molecule has 4 nitrogen and oxygen atoms in total. The number of aromatic nitrogens is 1. The van der Waals surface area contributed by atoms with Crippen molar-refractivity contribution < 1.29 is 14.3 Å². The number of ketones is 1. The lowest BCUT2D eigenvalue weighted by Crippen LogP contribution is -2.07. The average molecular weight is 319 g/mol. The van der Waals surface area contributed by atoms with E-state index in [4.69, 9.17) is 4.74 Å². The number of benzene rings is 2. The highest BCUT2D eigenvalue weighted by molar-refractivity contribution is 6.10. The van der Waals surface area contributed by atoms with Crippen LogP contribution in [-0.2, 0) is 11.3 Å². The molecule has 1 N–H and O–H groups in total. The Bertz CT molecular complexity index is 851. The van der Waals surface area contributed by atoms with Gasteiger partial charge in [-0.2, -0.15) is 0 Å². The Morgan fingerprint density at radius 2 is 1.58 bits per heavy atom. The monoisotopic (exact) mass is 319 g/mol. The number of hydrogen-bond acceptors (Lipinski definition) is 3. The molecule has 2 aromatic carbocycles. The minimum Gasteiger partial charge on any atom is -0.457 e. The van der Waals surface area contributed by atoms with E-state index in [9.17, 15) is 9.59 Å². The van der Waals surface area contributed by atoms with Gasteiger partial charge in [0, 0.05) is 11.8 Å². The zero-order chi connectivity index (χ0) is 16.9. The molecule has 0 radical (unpaired) electrons. The van der Waals surface area contributed by atoms with Crippen molar-refractivity contribution in [1.82, 2.24) is 4.98 Å². The third kappa shape index (κ3) is 3.27. The lowest BCUT2D eigenvalue weighted by atomic mass is 10.0. The third-order valence-electron chi connectivity index (χ3n) is 3.84. The van der Waals surface area contributed by atoms with Crippen molar-refractivity contribution in [2.24, 2.45) is 0 Å². The average Bonchev–Trinajstić information content (AvgIpc) is 3.02. The molecule has 0 aliphatic carbocycles. The van der Waals surface area contributed by atoms with Gasteiger partial charge < -0.3 is 9.72 Å². The molecule has 0 unspecified atom stereocenters. The molecule has 0 amide bonds. The summed E-state index contributed by atoms with van der Waals surface area (Å²) in [4.78, 5) is 27.7. The maximum absolute atomic E-state index is 12.5. The van der Waals surface area contributed by atoms with Gasteiger partial charge in [-0.1, -0.05) is 60.7 Å². The molecule has 24 heavy (non-hydrogen) atoms. The van der Waals surface area contributed by atoms with Crippen molar-refractivity contribution in [3.63, 3.8) is 0 Å². The summed E-state index contributed by atoms with van der Waals surface area (Å²) in [7, 11) is 0. The van der Waals surface area contributed by atoms with Gasteiger partial charge in [-0.15, -0.1) is 0 Å². The molecule has 0 saturated carbocycles. The minimum atomic E-state index is -0.445. The van der Waals surface area contributed by atoms with Crippen LogP contribution in [0.1, 0.15) is 37.5 Å². The summed E-state index contributed by atoms with van der Waals surface area (Å²) in [6, 6.07) is 18.4. The number of H-pyrrole nitrogens is 1. The van der Waals surface area contributed by atoms with Gasteiger partial charge >= 0.3 is 5.97 Å². The Hall–Kier alpha value is -3.14. The third-order valence-corrected chi connectivity index (χ3v) is 3.84. The van der Waals surface area contributed by atoms with Crippen molar-refractivity contribution >= 4 is 11.8 Å². The number of esters is 1. The zero-order valence-electron chi connectivity index (χ0n) is 13.3. The Labute approximate surface area is 140 Å². The summed E-state index contributed by atoms with van der Waals surface area (Å²) >= 11 is 0. The molecule has 0 aliphatic heterocycles. The fourth-order valence-corrected chi connectivity index (χ4v) is 2.48. The van der Waals surface area contributed by atoms with E-state index in [1.54, 1.807) is 31.2 Å². The topological polar surface area (TPSA) is 59.2 Å². The minimum absolute atomic E-state index is 0.143. The Kier molecular flexibility index (Phi) is 4.57. The van der Waals surface area contributed by atoms with Gasteiger partial charge in [0.05, 0.1) is 11.3 Å². The van der Waals surface area contributed by atoms with Crippen LogP contribution in [0, 0.1) is 6.92 Å². The van der Waals surface area contributed by atoms with E-state index >= 15 is 0 Å². The van der Waals surface area contributed by atoms with Crippen LogP contribution in [0.4, 0.5) is 0 Å². The van der Waals surface area contributed by atoms with Crippen molar-refractivity contribution in [2.75, 3.05) is 0 Å². The summed E-state index contributed by atoms with van der Waals surface area (Å²) in [6.07, 6.45) is 1.53. The predicted molar refractivity (Wildman–Crippen MR) is 91.0 cm³/mol. The van der Waals surface area contributed by atoms with E-state index in [1.807, 2.05) is 36.4 Å². The molecule has 4 heteroatoms. The molecule has 0 atom stereocenters. The molecule has 1 aromatic heterocycles. The number of carbonyl (C=O) groups is 2. The Morgan fingerprint density at radius 3 is 2.25 bits per heavy atom. The van der Waals surface area contributed by atoms with E-state index < -0.39 is 5.97 Å². The van der Waals surface area contributed by atoms with Crippen molar-refractivity contribution in [3.05, 3.63) is 94.8 Å². The van der Waals surface area contributed by atoms with Crippen LogP contribution >= 0.6 is 0 Å². The molecule has 0 fully saturated rings. The largest absolute Gasteiger partial charge is 0.457 e. The first-order valence-electron chi connectivity index (χ1n) is 7.65. The Morgan fingerprint density at radius 1 is 0.958 bits per heavy atom. The first-order valence-corrected chi connectivity index (χ1v) is 7.65. The van der Waals surface area contributed by atoms with Gasteiger partial charge in [-0.05, 0) is 18.1 Å². The quantitative estimate of drug-likeness (QED) is 0.573. The second kappa shape index (κ2) is 6.96. The molecule has 3 rings (SSSR count). The zero-order valence-corrected chi connectivity index (χ0v) is 13.3. The van der Waals surface area contributed by atoms with Crippen LogP contribution in [0.15, 0.2) is 66.9 Å². The molecular formula is C20H17NO3. The van der Waals surface area contributed by atoms with E-state index in [0.29, 0.717) is 22.4 Å². The van der Waals surface area contributed by atoms with Crippen LogP contribution in [0.5, 0.6) is 0 Å². The van der Waals surface area contributed by atoms with Crippen LogP contribution in [0.25, 0.3) is 0 Å². The van der Waals surface area contributed by atoms with Crippen LogP contribution < -0.4 is 0 Å². The number of rotatable bonds is 5. The molecule has 1 heterocycles. The van der Waals surface area contributed by atoms with Crippen LogP contribution in [0.2, 0.25) is 0 Å². The number of nitrogens with one attached hydrogen (secondary N) is 1. The number of aromatic amines is 1. The Balaban J connectivity index is 1.75. The first kappa shape index (κ1) is 15.7. The summed E-state index contributed by atoms with van der Waals surface area (Å²) < 4.78 is 5.32. The smallest absolute Gasteiger partial charge is 0.340 e. The highest BCUT2D eigenvalue weighted by Gasteiger charge is 2.20. The molecule has 0 spiro atoms. The maximum Gasteiger partial charge on any atom is 0.340 e. The highest BCUT2D eigenvalue weighted by atomic mass is 16.5. The summed E-state index contributed by atoms with van der Waals surface area (Å²) in [5, 5.41) is 0. The number of hydrogen-bond donors (Lipinski definition) is 1. The highest BCUT2D eigenvalue weighted by Crippen LogP contribution is 2.18. The summed E-state index contributed by atoms with van der Waals surface area (Å²) in [6.45, 7) is 1.94. The van der Waals surface area contributed by atoms with E-state index in [2.05, 4.69) is 4.98 Å². The van der Waals surface area contributed by atoms with Gasteiger partial charge in [0.1, 0.15) is 6.61 Å². The van der Waals surface area contributed by atoms with Crippen molar-refractivity contribution in [1.29, 1.82) is 0 Å². The van der Waals surface area contributed by atoms with Gasteiger partial charge in [0.2, 0.25) is 5.78 Å². The molecule has 3 aromatic rings. The maximum atomic E-state index is 12.5. The van der Waals surface area contributed by atoms with Gasteiger partial charge in [0.25, 0.3) is 0 Å². The fourth-order valence-electron chi connectivity index (χ4n) is 2.48. The van der Waals surface area contributed by atoms with E-state index in [-0.39, 0.29) is 12.4 Å². The molecule has 0 saturated heterocycles. The van der Waals surface area contributed by atoms with Gasteiger partial charge in [-0.3, -0.25) is 4.79 Å². The normalized spacial score (nSPS) is 10.4. The van der Waals surface area contributed by atoms with E-state index in [1.165, 1.54) is 6.20 Å². The SMILES string of the molecule is Cc1c(C(=O)OCc2ccccc2)c[nH]c1C(=O)c1ccccc1. The fraction of sp³-hybridized carbons (Fsp3) is 0.100. The second-order valence-corrected chi connectivity index (χ2v) is 5.46. The van der Waals surface area contributed by atoms with Gasteiger partial charge in [-0.25, -0.2) is 4.79 Å². The number of carbonyl (C=O) groups excluding carboxylic acids is 2. The molecule has 120 valence electrons. The molecule has 0 aliphatic rings. The van der Waals surface area contributed by atoms with Crippen LogP contribution in [0.3, 0.4) is 0 Å². The summed E-state index contributed by atoms with van der Waals surface area (Å²) in [5.74, 6) is -0.588. The van der Waals surface area contributed by atoms with E-state index in [0.717, 1.165) is 5.56 Å². The first-order chi connectivity index (χ1) is 11.7. The molecule has 0 bridgehead atoms. The predicted octanol–water partition coefficient (Wildman–Crippen LogP) is 3.91. The van der Waals surface area contributed by atoms with Gasteiger partial charge in [0.15, 0.2) is 0 Å².